The molecular formula is C19H39NO3. The minimum absolute atomic E-state index is 0.237. The summed E-state index contributed by atoms with van der Waals surface area (Å²) in [6.45, 7) is 3.95. The van der Waals surface area contributed by atoms with Crippen molar-refractivity contribution in [3.05, 3.63) is 10.1 Å². The van der Waals surface area contributed by atoms with E-state index < -0.39 is 5.54 Å². The number of nitro groups is 1. The van der Waals surface area contributed by atoms with Crippen molar-refractivity contribution in [1.29, 1.82) is 0 Å². The molecule has 0 aromatic carbocycles. The van der Waals surface area contributed by atoms with Crippen molar-refractivity contribution in [2.24, 2.45) is 0 Å². The second kappa shape index (κ2) is 14.9. The molecule has 1 unspecified atom stereocenters. The van der Waals surface area contributed by atoms with Crippen molar-refractivity contribution < 1.29 is 10.0 Å². The Balaban J connectivity index is 3.68. The van der Waals surface area contributed by atoms with Crippen molar-refractivity contribution >= 4 is 0 Å². The van der Waals surface area contributed by atoms with E-state index in [1.807, 2.05) is 6.92 Å². The third-order valence-corrected chi connectivity index (χ3v) is 4.92. The minimum atomic E-state index is -1.09. The molecule has 0 aromatic rings. The summed E-state index contributed by atoms with van der Waals surface area (Å²) in [7, 11) is 0. The van der Waals surface area contributed by atoms with Gasteiger partial charge in [-0.05, 0) is 12.8 Å². The molecule has 23 heavy (non-hydrogen) atoms. The zero-order valence-corrected chi connectivity index (χ0v) is 15.5. The standard InChI is InChI=1S/C19H39NO3/c1-3-5-7-8-9-10-11-12-13-14-15-17-19(18-21,20(22)23)16-6-4-2/h21H,3-18H2,1-2H3. The summed E-state index contributed by atoms with van der Waals surface area (Å²) < 4.78 is 0. The molecule has 0 fully saturated rings. The van der Waals surface area contributed by atoms with E-state index in [1.54, 1.807) is 0 Å². The Bertz CT molecular complexity index is 284. The molecule has 0 radical (unpaired) electrons. The summed E-state index contributed by atoms with van der Waals surface area (Å²) in [4.78, 5) is 11.1. The lowest BCUT2D eigenvalue weighted by Gasteiger charge is -2.23. The maximum atomic E-state index is 11.3. The molecule has 4 heteroatoms. The number of hydrogen-bond acceptors (Lipinski definition) is 3. The lowest BCUT2D eigenvalue weighted by molar-refractivity contribution is -0.576. The molecule has 0 saturated carbocycles. The molecular weight excluding hydrogens is 290 g/mol. The molecule has 0 aliphatic carbocycles. The Morgan fingerprint density at radius 3 is 1.52 bits per heavy atom. The van der Waals surface area contributed by atoms with Crippen molar-refractivity contribution in [1.82, 2.24) is 0 Å². The molecule has 0 heterocycles. The topological polar surface area (TPSA) is 63.4 Å². The van der Waals surface area contributed by atoms with Gasteiger partial charge in [-0.1, -0.05) is 84.5 Å². The third kappa shape index (κ3) is 10.7. The molecule has 1 N–H and O–H groups in total. The van der Waals surface area contributed by atoms with Crippen LogP contribution in [0.2, 0.25) is 0 Å². The molecule has 0 aromatic heterocycles. The highest BCUT2D eigenvalue weighted by molar-refractivity contribution is 4.78. The van der Waals surface area contributed by atoms with Gasteiger partial charge in [0.05, 0.1) is 0 Å². The minimum Gasteiger partial charge on any atom is -0.389 e. The normalized spacial score (nSPS) is 13.9. The summed E-state index contributed by atoms with van der Waals surface area (Å²) in [5.74, 6) is 0. The van der Waals surface area contributed by atoms with Crippen LogP contribution in [0.25, 0.3) is 0 Å². The van der Waals surface area contributed by atoms with Gasteiger partial charge >= 0.3 is 0 Å². The molecule has 0 amide bonds. The molecule has 0 spiro atoms. The van der Waals surface area contributed by atoms with E-state index in [1.165, 1.54) is 57.8 Å². The summed E-state index contributed by atoms with van der Waals surface area (Å²) in [5.41, 5.74) is -1.09. The van der Waals surface area contributed by atoms with Crippen molar-refractivity contribution in [2.75, 3.05) is 6.61 Å². The maximum absolute atomic E-state index is 11.3. The zero-order chi connectivity index (χ0) is 17.4. The summed E-state index contributed by atoms with van der Waals surface area (Å²) in [6.07, 6.45) is 16.5. The lowest BCUT2D eigenvalue weighted by Crippen LogP contribution is -2.42. The van der Waals surface area contributed by atoms with Crippen LogP contribution in [-0.2, 0) is 0 Å². The van der Waals surface area contributed by atoms with Gasteiger partial charge < -0.3 is 5.11 Å². The van der Waals surface area contributed by atoms with Crippen LogP contribution in [0.15, 0.2) is 0 Å². The Labute approximate surface area is 143 Å². The van der Waals surface area contributed by atoms with E-state index in [-0.39, 0.29) is 11.5 Å². The summed E-state index contributed by atoms with van der Waals surface area (Å²) in [5, 5.41) is 20.8. The van der Waals surface area contributed by atoms with E-state index in [4.69, 9.17) is 0 Å². The maximum Gasteiger partial charge on any atom is 0.244 e. The second-order valence-electron chi connectivity index (χ2n) is 7.03. The van der Waals surface area contributed by atoms with E-state index in [0.29, 0.717) is 12.8 Å². The Kier molecular flexibility index (Phi) is 14.5. The van der Waals surface area contributed by atoms with E-state index in [2.05, 4.69) is 6.92 Å². The van der Waals surface area contributed by atoms with Crippen molar-refractivity contribution in [3.63, 3.8) is 0 Å². The molecule has 1 atom stereocenters. The van der Waals surface area contributed by atoms with Gasteiger partial charge in [0.2, 0.25) is 5.54 Å². The highest BCUT2D eigenvalue weighted by atomic mass is 16.6. The smallest absolute Gasteiger partial charge is 0.244 e. The average Bonchev–Trinajstić information content (AvgIpc) is 2.55. The van der Waals surface area contributed by atoms with Gasteiger partial charge in [-0.2, -0.15) is 0 Å². The molecule has 0 rings (SSSR count). The Hall–Kier alpha value is -0.640. The Morgan fingerprint density at radius 1 is 0.739 bits per heavy atom. The fourth-order valence-corrected chi connectivity index (χ4v) is 3.15. The molecule has 0 saturated heterocycles. The first-order valence-electron chi connectivity index (χ1n) is 9.88. The fourth-order valence-electron chi connectivity index (χ4n) is 3.15. The van der Waals surface area contributed by atoms with E-state index >= 15 is 0 Å². The number of hydrogen-bond donors (Lipinski definition) is 1. The largest absolute Gasteiger partial charge is 0.389 e. The molecule has 138 valence electrons. The monoisotopic (exact) mass is 329 g/mol. The second-order valence-corrected chi connectivity index (χ2v) is 7.03. The van der Waals surface area contributed by atoms with Gasteiger partial charge in [-0.15, -0.1) is 0 Å². The van der Waals surface area contributed by atoms with Crippen LogP contribution >= 0.6 is 0 Å². The van der Waals surface area contributed by atoms with Crippen LogP contribution in [0.3, 0.4) is 0 Å². The van der Waals surface area contributed by atoms with Crippen LogP contribution in [0.4, 0.5) is 0 Å². The van der Waals surface area contributed by atoms with Gasteiger partial charge in [0.1, 0.15) is 6.61 Å². The predicted octanol–water partition coefficient (Wildman–Crippen LogP) is 5.89. The molecule has 0 aliphatic heterocycles. The number of aliphatic hydroxyl groups excluding tert-OH is 1. The quantitative estimate of drug-likeness (QED) is 0.206. The van der Waals surface area contributed by atoms with Gasteiger partial charge in [0, 0.05) is 17.8 Å². The highest BCUT2D eigenvalue weighted by Gasteiger charge is 2.40. The van der Waals surface area contributed by atoms with Crippen molar-refractivity contribution in [2.45, 2.75) is 116 Å². The van der Waals surface area contributed by atoms with Gasteiger partial charge in [-0.25, -0.2) is 0 Å². The lowest BCUT2D eigenvalue weighted by atomic mass is 9.88. The third-order valence-electron chi connectivity index (χ3n) is 4.92. The van der Waals surface area contributed by atoms with Crippen LogP contribution in [0.1, 0.15) is 110 Å². The van der Waals surface area contributed by atoms with Crippen LogP contribution in [0, 0.1) is 10.1 Å². The predicted molar refractivity (Wildman–Crippen MR) is 97.4 cm³/mol. The van der Waals surface area contributed by atoms with Gasteiger partial charge in [0.15, 0.2) is 0 Å². The van der Waals surface area contributed by atoms with E-state index in [9.17, 15) is 15.2 Å². The fraction of sp³-hybridized carbons (Fsp3) is 1.00. The van der Waals surface area contributed by atoms with Crippen molar-refractivity contribution in [3.8, 4) is 0 Å². The number of rotatable bonds is 17. The number of unbranched alkanes of at least 4 members (excludes halogenated alkanes) is 11. The first kappa shape index (κ1) is 22.4. The Morgan fingerprint density at radius 2 is 1.13 bits per heavy atom. The average molecular weight is 330 g/mol. The number of aliphatic hydroxyl groups is 1. The molecule has 0 bridgehead atoms. The molecule has 0 aliphatic rings. The summed E-state index contributed by atoms with van der Waals surface area (Å²) in [6, 6.07) is 0. The van der Waals surface area contributed by atoms with Crippen LogP contribution in [0.5, 0.6) is 0 Å². The molecule has 4 nitrogen and oxygen atoms in total. The zero-order valence-electron chi connectivity index (χ0n) is 15.5. The number of nitrogens with zero attached hydrogens (tertiary/aromatic N) is 1. The van der Waals surface area contributed by atoms with E-state index in [0.717, 1.165) is 25.7 Å². The van der Waals surface area contributed by atoms with Crippen LogP contribution < -0.4 is 0 Å². The highest BCUT2D eigenvalue weighted by Crippen LogP contribution is 2.25. The van der Waals surface area contributed by atoms with Gasteiger partial charge in [-0.3, -0.25) is 10.1 Å². The first-order valence-corrected chi connectivity index (χ1v) is 9.88. The van der Waals surface area contributed by atoms with Crippen LogP contribution in [-0.4, -0.2) is 22.2 Å². The summed E-state index contributed by atoms with van der Waals surface area (Å²) >= 11 is 0. The van der Waals surface area contributed by atoms with Gasteiger partial charge in [0.25, 0.3) is 0 Å². The SMILES string of the molecule is CCCCCCCCCCCCCC(CO)(CCCC)[N+](=O)[O-]. The first-order chi connectivity index (χ1) is 11.1.